The lowest BCUT2D eigenvalue weighted by atomic mass is 9.91. The first-order valence-electron chi connectivity index (χ1n) is 9.47. The van der Waals surface area contributed by atoms with Crippen LogP contribution in [0.4, 0.5) is 0 Å². The fourth-order valence-corrected chi connectivity index (χ4v) is 2.56. The largest absolute Gasteiger partial charge is 0.462 e. The first-order chi connectivity index (χ1) is 11.7. The monoisotopic (exact) mass is 356 g/mol. The fraction of sp³-hybridized carbons (Fsp3) is 0.800. The summed E-state index contributed by atoms with van der Waals surface area (Å²) in [5, 5.41) is 10.2. The van der Waals surface area contributed by atoms with Crippen LogP contribution < -0.4 is 0 Å². The van der Waals surface area contributed by atoms with Crippen LogP contribution in [0.25, 0.3) is 0 Å². The average molecular weight is 357 g/mol. The zero-order chi connectivity index (χ0) is 19.3. The maximum atomic E-state index is 12.0. The Kier molecular flexibility index (Phi) is 11.4. The summed E-state index contributed by atoms with van der Waals surface area (Å²) in [5.41, 5.74) is -1.19. The van der Waals surface area contributed by atoms with Crippen molar-refractivity contribution >= 4 is 11.9 Å². The van der Waals surface area contributed by atoms with Gasteiger partial charge in [0.05, 0.1) is 12.2 Å². The first kappa shape index (κ1) is 23.6. The molecule has 0 fully saturated rings. The molecule has 0 aliphatic heterocycles. The Bertz CT molecular complexity index is 414. The molecule has 0 heterocycles. The predicted octanol–water partition coefficient (Wildman–Crippen LogP) is 4.32. The highest BCUT2D eigenvalue weighted by Gasteiger charge is 2.27. The highest BCUT2D eigenvalue weighted by Crippen LogP contribution is 2.24. The third-order valence-corrected chi connectivity index (χ3v) is 4.99. The van der Waals surface area contributed by atoms with E-state index in [0.29, 0.717) is 19.3 Å². The molecule has 0 saturated heterocycles. The van der Waals surface area contributed by atoms with E-state index in [-0.39, 0.29) is 12.6 Å². The van der Waals surface area contributed by atoms with Crippen molar-refractivity contribution in [3.63, 3.8) is 0 Å². The summed E-state index contributed by atoms with van der Waals surface area (Å²) in [5.74, 6) is -0.690. The van der Waals surface area contributed by atoms with Gasteiger partial charge in [0, 0.05) is 18.9 Å². The van der Waals surface area contributed by atoms with E-state index in [4.69, 9.17) is 9.47 Å². The van der Waals surface area contributed by atoms with Gasteiger partial charge in [0.1, 0.15) is 5.60 Å². The molecule has 0 aliphatic carbocycles. The van der Waals surface area contributed by atoms with Crippen molar-refractivity contribution in [3.8, 4) is 0 Å². The van der Waals surface area contributed by atoms with Crippen LogP contribution in [0.5, 0.6) is 0 Å². The highest BCUT2D eigenvalue weighted by atomic mass is 16.6. The molecule has 146 valence electrons. The molecule has 5 nitrogen and oxygen atoms in total. The minimum Gasteiger partial charge on any atom is -0.462 e. The van der Waals surface area contributed by atoms with Crippen LogP contribution in [0, 0.1) is 0 Å². The van der Waals surface area contributed by atoms with E-state index < -0.39 is 17.2 Å². The minimum atomic E-state index is -0.622. The summed E-state index contributed by atoms with van der Waals surface area (Å²) in [7, 11) is 0. The normalized spacial score (nSPS) is 13.8. The van der Waals surface area contributed by atoms with Gasteiger partial charge in [-0.2, -0.15) is 0 Å². The van der Waals surface area contributed by atoms with E-state index in [2.05, 4.69) is 6.58 Å². The van der Waals surface area contributed by atoms with Gasteiger partial charge in [-0.15, -0.1) is 0 Å². The molecule has 0 aliphatic rings. The first-order valence-corrected chi connectivity index (χ1v) is 9.47. The Morgan fingerprint density at radius 2 is 1.68 bits per heavy atom. The van der Waals surface area contributed by atoms with Gasteiger partial charge in [0.15, 0.2) is 0 Å². The fourth-order valence-electron chi connectivity index (χ4n) is 2.56. The molecule has 1 N–H and O–H groups in total. The zero-order valence-electron chi connectivity index (χ0n) is 16.4. The van der Waals surface area contributed by atoms with Crippen LogP contribution in [-0.4, -0.2) is 34.9 Å². The Morgan fingerprint density at radius 1 is 1.04 bits per heavy atom. The average Bonchev–Trinajstić information content (AvgIpc) is 2.60. The van der Waals surface area contributed by atoms with Gasteiger partial charge in [0.25, 0.3) is 0 Å². The summed E-state index contributed by atoms with van der Waals surface area (Å²) < 4.78 is 10.6. The molecule has 0 spiro atoms. The maximum absolute atomic E-state index is 12.0. The molecule has 0 aromatic carbocycles. The lowest BCUT2D eigenvalue weighted by Crippen LogP contribution is -2.32. The second kappa shape index (κ2) is 12.1. The van der Waals surface area contributed by atoms with Gasteiger partial charge in [-0.1, -0.05) is 40.2 Å². The van der Waals surface area contributed by atoms with Crippen molar-refractivity contribution in [2.24, 2.45) is 0 Å². The van der Waals surface area contributed by atoms with Gasteiger partial charge in [-0.25, -0.2) is 4.79 Å². The molecule has 1 unspecified atom stereocenters. The molecule has 0 bridgehead atoms. The number of hydrogen-bond donors (Lipinski definition) is 1. The van der Waals surface area contributed by atoms with Crippen molar-refractivity contribution in [3.05, 3.63) is 12.7 Å². The Hall–Kier alpha value is -1.36. The number of hydrogen-bond acceptors (Lipinski definition) is 5. The molecule has 0 amide bonds. The summed E-state index contributed by atoms with van der Waals surface area (Å²) in [6.45, 7) is 11.3. The second-order valence-corrected chi connectivity index (χ2v) is 6.89. The molecule has 0 aromatic rings. The third kappa shape index (κ3) is 10.3. The highest BCUT2D eigenvalue weighted by molar-refractivity contribution is 5.81. The number of rotatable bonds is 14. The lowest BCUT2D eigenvalue weighted by molar-refractivity contribution is -0.161. The molecule has 25 heavy (non-hydrogen) atoms. The maximum Gasteiger partial charge on any atom is 0.330 e. The van der Waals surface area contributed by atoms with Gasteiger partial charge < -0.3 is 14.6 Å². The Labute approximate surface area is 152 Å². The lowest BCUT2D eigenvalue weighted by Gasteiger charge is -2.28. The standard InChI is InChI=1S/C20H36O5/c1-6-17(21)24-16-15-19(5,7-2)25-18(22)13-11-10-12-14-20(23,8-3)9-4/h6,23H,1,7-16H2,2-5H3. The van der Waals surface area contributed by atoms with E-state index in [1.54, 1.807) is 0 Å². The topological polar surface area (TPSA) is 72.8 Å². The number of carbonyl (C=O) groups excluding carboxylic acids is 2. The van der Waals surface area contributed by atoms with Crippen LogP contribution in [-0.2, 0) is 19.1 Å². The summed E-state index contributed by atoms with van der Waals surface area (Å²) in [6.07, 6.45) is 7.48. The molecule has 0 saturated carbocycles. The van der Waals surface area contributed by atoms with Crippen LogP contribution in [0.1, 0.15) is 85.5 Å². The van der Waals surface area contributed by atoms with Crippen LogP contribution in [0.15, 0.2) is 12.7 Å². The molecule has 1 atom stereocenters. The number of esters is 2. The van der Waals surface area contributed by atoms with Gasteiger partial charge in [0.2, 0.25) is 0 Å². The number of aliphatic hydroxyl groups is 1. The molecule has 0 aromatic heterocycles. The Morgan fingerprint density at radius 3 is 2.20 bits per heavy atom. The van der Waals surface area contributed by atoms with Crippen molar-refractivity contribution in [2.45, 2.75) is 96.7 Å². The van der Waals surface area contributed by atoms with E-state index >= 15 is 0 Å². The number of carbonyl (C=O) groups is 2. The Balaban J connectivity index is 4.08. The van der Waals surface area contributed by atoms with Crippen LogP contribution >= 0.6 is 0 Å². The van der Waals surface area contributed by atoms with Crippen molar-refractivity contribution in [1.82, 2.24) is 0 Å². The van der Waals surface area contributed by atoms with Crippen molar-refractivity contribution in [1.29, 1.82) is 0 Å². The van der Waals surface area contributed by atoms with Crippen molar-refractivity contribution < 1.29 is 24.2 Å². The quantitative estimate of drug-likeness (QED) is 0.285. The summed E-state index contributed by atoms with van der Waals surface area (Å²) in [6, 6.07) is 0. The molecule has 0 radical (unpaired) electrons. The summed E-state index contributed by atoms with van der Waals surface area (Å²) in [4.78, 5) is 23.1. The number of ether oxygens (including phenoxy) is 2. The van der Waals surface area contributed by atoms with E-state index in [9.17, 15) is 14.7 Å². The van der Waals surface area contributed by atoms with E-state index in [1.807, 2.05) is 27.7 Å². The van der Waals surface area contributed by atoms with E-state index in [1.165, 1.54) is 0 Å². The van der Waals surface area contributed by atoms with Crippen LogP contribution in [0.2, 0.25) is 0 Å². The third-order valence-electron chi connectivity index (χ3n) is 4.99. The van der Waals surface area contributed by atoms with Gasteiger partial charge in [-0.05, 0) is 39.0 Å². The summed E-state index contributed by atoms with van der Waals surface area (Å²) >= 11 is 0. The predicted molar refractivity (Wildman–Crippen MR) is 99.2 cm³/mol. The SMILES string of the molecule is C=CC(=O)OCCC(C)(CC)OC(=O)CCCCCC(O)(CC)CC. The molecular weight excluding hydrogens is 320 g/mol. The zero-order valence-corrected chi connectivity index (χ0v) is 16.4. The van der Waals surface area contributed by atoms with Crippen molar-refractivity contribution in [2.75, 3.05) is 6.61 Å². The molecule has 0 rings (SSSR count). The van der Waals surface area contributed by atoms with Gasteiger partial charge >= 0.3 is 11.9 Å². The molecular formula is C20H36O5. The van der Waals surface area contributed by atoms with Crippen LogP contribution in [0.3, 0.4) is 0 Å². The second-order valence-electron chi connectivity index (χ2n) is 6.89. The minimum absolute atomic E-state index is 0.203. The number of unbranched alkanes of at least 4 members (excludes halogenated alkanes) is 2. The smallest absolute Gasteiger partial charge is 0.330 e. The van der Waals surface area contributed by atoms with E-state index in [0.717, 1.165) is 44.6 Å². The molecule has 5 heteroatoms. The van der Waals surface area contributed by atoms with Gasteiger partial charge in [-0.3, -0.25) is 4.79 Å².